The number of benzene rings is 1. The Balaban J connectivity index is 1.54. The van der Waals surface area contributed by atoms with E-state index < -0.39 is 11.9 Å². The molecule has 146 valence electrons. The fourth-order valence-electron chi connectivity index (χ4n) is 2.88. The first-order valence-corrected chi connectivity index (χ1v) is 8.69. The highest BCUT2D eigenvalue weighted by atomic mass is 19.1. The predicted octanol–water partition coefficient (Wildman–Crippen LogP) is 3.18. The average molecular weight is 393 g/mol. The number of amides is 1. The lowest BCUT2D eigenvalue weighted by molar-refractivity contribution is 0.211. The van der Waals surface area contributed by atoms with Gasteiger partial charge in [-0.15, -0.1) is 0 Å². The summed E-state index contributed by atoms with van der Waals surface area (Å²) in [4.78, 5) is 25.0. The first-order chi connectivity index (χ1) is 14.0. The molecule has 0 radical (unpaired) electrons. The molecule has 4 rings (SSSR count). The van der Waals surface area contributed by atoms with Gasteiger partial charge in [0.1, 0.15) is 11.5 Å². The fraction of sp³-hybridized carbons (Fsp3) is 0.100. The van der Waals surface area contributed by atoms with Crippen molar-refractivity contribution in [2.24, 2.45) is 0 Å². The molecule has 29 heavy (non-hydrogen) atoms. The lowest BCUT2D eigenvalue weighted by atomic mass is 10.2. The predicted molar refractivity (Wildman–Crippen MR) is 103 cm³/mol. The van der Waals surface area contributed by atoms with Crippen LogP contribution in [0.3, 0.4) is 0 Å². The second-order valence-electron chi connectivity index (χ2n) is 6.20. The number of aromatic nitrogens is 4. The number of fused-ring (bicyclic) bond motifs is 1. The molecule has 1 aromatic carbocycles. The van der Waals surface area contributed by atoms with Gasteiger partial charge in [0.2, 0.25) is 0 Å². The lowest BCUT2D eigenvalue weighted by Gasteiger charge is -2.10. The van der Waals surface area contributed by atoms with Gasteiger partial charge < -0.3 is 9.84 Å². The number of hydrogen-bond acceptors (Lipinski definition) is 6. The molecular weight excluding hydrogens is 377 g/mol. The summed E-state index contributed by atoms with van der Waals surface area (Å²) in [5.74, 6) is 0.169. The molecule has 0 saturated carbocycles. The first-order valence-electron chi connectivity index (χ1n) is 8.69. The SMILES string of the molecule is Cc1nc(-c2ccccn2)ncc1OC(=O)Nn1cc(CO)c2cc(F)ccc21. The van der Waals surface area contributed by atoms with Crippen LogP contribution in [0.15, 0.2) is 55.0 Å². The number of rotatable bonds is 4. The third kappa shape index (κ3) is 3.76. The van der Waals surface area contributed by atoms with Crippen molar-refractivity contribution in [1.29, 1.82) is 0 Å². The molecule has 0 saturated heterocycles. The number of nitrogens with one attached hydrogen (secondary N) is 1. The normalized spacial score (nSPS) is 10.9. The van der Waals surface area contributed by atoms with Gasteiger partial charge in [-0.05, 0) is 37.3 Å². The number of aliphatic hydroxyl groups excluding tert-OH is 1. The van der Waals surface area contributed by atoms with Crippen LogP contribution in [0, 0.1) is 12.7 Å². The van der Waals surface area contributed by atoms with Crippen LogP contribution in [0.25, 0.3) is 22.4 Å². The Bertz CT molecular complexity index is 1190. The summed E-state index contributed by atoms with van der Waals surface area (Å²) in [5, 5.41) is 9.96. The van der Waals surface area contributed by atoms with Crippen LogP contribution in [-0.2, 0) is 6.61 Å². The van der Waals surface area contributed by atoms with Gasteiger partial charge in [0, 0.05) is 23.3 Å². The highest BCUT2D eigenvalue weighted by Gasteiger charge is 2.14. The molecule has 0 atom stereocenters. The Labute approximate surface area is 164 Å². The van der Waals surface area contributed by atoms with Crippen LogP contribution >= 0.6 is 0 Å². The van der Waals surface area contributed by atoms with Gasteiger partial charge in [-0.25, -0.2) is 24.6 Å². The van der Waals surface area contributed by atoms with E-state index in [1.54, 1.807) is 25.3 Å². The molecule has 3 aromatic heterocycles. The van der Waals surface area contributed by atoms with Crippen molar-refractivity contribution in [2.75, 3.05) is 5.43 Å². The quantitative estimate of drug-likeness (QED) is 0.552. The summed E-state index contributed by atoms with van der Waals surface area (Å²) in [6, 6.07) is 9.45. The zero-order valence-corrected chi connectivity index (χ0v) is 15.3. The second-order valence-corrected chi connectivity index (χ2v) is 6.20. The van der Waals surface area contributed by atoms with E-state index in [4.69, 9.17) is 4.74 Å². The highest BCUT2D eigenvalue weighted by Crippen LogP contribution is 2.22. The molecule has 2 N–H and O–H groups in total. The Morgan fingerprint density at radius 2 is 2.14 bits per heavy atom. The minimum absolute atomic E-state index is 0.187. The van der Waals surface area contributed by atoms with Crippen molar-refractivity contribution in [3.8, 4) is 17.3 Å². The molecule has 0 aliphatic rings. The van der Waals surface area contributed by atoms with E-state index in [9.17, 15) is 14.3 Å². The standard InChI is InChI=1S/C20H16FN5O3/c1-12-18(9-23-19(24-12)16-4-2-3-7-22-16)29-20(28)25-26-10-13(11-27)15-8-14(21)5-6-17(15)26/h2-10,27H,11H2,1H3,(H,25,28). The van der Waals surface area contributed by atoms with Crippen LogP contribution in [0.2, 0.25) is 0 Å². The summed E-state index contributed by atoms with van der Waals surface area (Å²) in [6.07, 6.45) is 3.75. The number of pyridine rings is 1. The van der Waals surface area contributed by atoms with E-state index in [0.717, 1.165) is 0 Å². The molecule has 3 heterocycles. The molecule has 0 bridgehead atoms. The summed E-state index contributed by atoms with van der Waals surface area (Å²) < 4.78 is 20.2. The van der Waals surface area contributed by atoms with E-state index >= 15 is 0 Å². The Hall–Kier alpha value is -3.85. The Morgan fingerprint density at radius 1 is 1.28 bits per heavy atom. The lowest BCUT2D eigenvalue weighted by Crippen LogP contribution is -2.25. The second kappa shape index (κ2) is 7.64. The maximum Gasteiger partial charge on any atom is 0.432 e. The highest BCUT2D eigenvalue weighted by molar-refractivity contribution is 5.87. The summed E-state index contributed by atoms with van der Waals surface area (Å²) in [5.41, 5.74) is 4.60. The molecule has 4 aromatic rings. The van der Waals surface area contributed by atoms with Crippen molar-refractivity contribution in [3.63, 3.8) is 0 Å². The average Bonchev–Trinajstić information content (AvgIpc) is 3.06. The minimum Gasteiger partial charge on any atom is -0.406 e. The molecule has 8 nitrogen and oxygen atoms in total. The van der Waals surface area contributed by atoms with E-state index in [2.05, 4.69) is 20.4 Å². The molecule has 0 spiro atoms. The molecule has 0 aliphatic heterocycles. The van der Waals surface area contributed by atoms with Crippen molar-refractivity contribution < 1.29 is 19.0 Å². The third-order valence-electron chi connectivity index (χ3n) is 4.26. The van der Waals surface area contributed by atoms with Gasteiger partial charge in [-0.1, -0.05) is 6.07 Å². The smallest absolute Gasteiger partial charge is 0.406 e. The molecule has 0 unspecified atom stereocenters. The third-order valence-corrected chi connectivity index (χ3v) is 4.26. The van der Waals surface area contributed by atoms with Gasteiger partial charge in [-0.2, -0.15) is 0 Å². The van der Waals surface area contributed by atoms with Crippen LogP contribution < -0.4 is 10.2 Å². The topological polar surface area (TPSA) is 102 Å². The maximum absolute atomic E-state index is 13.5. The maximum atomic E-state index is 13.5. The number of hydrogen-bond donors (Lipinski definition) is 2. The van der Waals surface area contributed by atoms with Crippen LogP contribution in [0.1, 0.15) is 11.3 Å². The number of ether oxygens (including phenoxy) is 1. The van der Waals surface area contributed by atoms with Crippen LogP contribution in [0.4, 0.5) is 9.18 Å². The molecular formula is C20H16FN5O3. The molecule has 0 aliphatic carbocycles. The van der Waals surface area contributed by atoms with Crippen LogP contribution in [0.5, 0.6) is 5.75 Å². The van der Waals surface area contributed by atoms with E-state index in [1.165, 1.54) is 35.3 Å². The molecule has 0 fully saturated rings. The largest absolute Gasteiger partial charge is 0.432 e. The Kier molecular flexibility index (Phi) is 4.88. The fourth-order valence-corrected chi connectivity index (χ4v) is 2.88. The van der Waals surface area contributed by atoms with Crippen molar-refractivity contribution in [3.05, 3.63) is 72.1 Å². The molecule has 9 heteroatoms. The monoisotopic (exact) mass is 393 g/mol. The van der Waals surface area contributed by atoms with Gasteiger partial charge in [0.25, 0.3) is 0 Å². The zero-order chi connectivity index (χ0) is 20.4. The van der Waals surface area contributed by atoms with Crippen LogP contribution in [-0.4, -0.2) is 30.8 Å². The number of halogens is 1. The van der Waals surface area contributed by atoms with Gasteiger partial charge >= 0.3 is 6.09 Å². The zero-order valence-electron chi connectivity index (χ0n) is 15.3. The van der Waals surface area contributed by atoms with E-state index in [0.29, 0.717) is 33.7 Å². The van der Waals surface area contributed by atoms with Crippen molar-refractivity contribution in [1.82, 2.24) is 19.6 Å². The van der Waals surface area contributed by atoms with Gasteiger partial charge in [-0.3, -0.25) is 9.66 Å². The van der Waals surface area contributed by atoms with Gasteiger partial charge in [0.05, 0.1) is 24.0 Å². The first kappa shape index (κ1) is 18.5. The summed E-state index contributed by atoms with van der Waals surface area (Å²) in [7, 11) is 0. The van der Waals surface area contributed by atoms with Crippen molar-refractivity contribution >= 4 is 17.0 Å². The van der Waals surface area contributed by atoms with Gasteiger partial charge in [0.15, 0.2) is 11.6 Å². The summed E-state index contributed by atoms with van der Waals surface area (Å²) >= 11 is 0. The van der Waals surface area contributed by atoms with Crippen molar-refractivity contribution in [2.45, 2.75) is 13.5 Å². The number of aryl methyl sites for hydroxylation is 1. The molecule has 1 amide bonds. The number of nitrogens with zero attached hydrogens (tertiary/aromatic N) is 4. The number of carbonyl (C=O) groups is 1. The van der Waals surface area contributed by atoms with E-state index in [1.807, 2.05) is 6.07 Å². The number of carbonyl (C=O) groups excluding carboxylic acids is 1. The summed E-state index contributed by atoms with van der Waals surface area (Å²) in [6.45, 7) is 1.39. The Morgan fingerprint density at radius 3 is 2.86 bits per heavy atom. The van der Waals surface area contributed by atoms with E-state index in [-0.39, 0.29) is 12.4 Å². The number of aliphatic hydroxyl groups is 1. The minimum atomic E-state index is -0.784.